The minimum atomic E-state index is -3.89. The van der Waals surface area contributed by atoms with Crippen LogP contribution in [0.3, 0.4) is 0 Å². The molecule has 1 rings (SSSR count). The van der Waals surface area contributed by atoms with Crippen molar-refractivity contribution in [3.8, 4) is 6.07 Å². The van der Waals surface area contributed by atoms with Gasteiger partial charge in [0.15, 0.2) is 6.10 Å². The number of rotatable bonds is 9. The van der Waals surface area contributed by atoms with Gasteiger partial charge in [0.05, 0.1) is 30.9 Å². The number of esters is 2. The minimum absolute atomic E-state index is 0.00593. The molecule has 12 heteroatoms. The van der Waals surface area contributed by atoms with Crippen molar-refractivity contribution in [2.24, 2.45) is 10.8 Å². The first-order valence-corrected chi connectivity index (χ1v) is 10.9. The normalized spacial score (nSPS) is 23.2. The largest absolute Gasteiger partial charge is 0.465 e. The molecule has 2 atom stereocenters. The quantitative estimate of drug-likeness (QED) is 0.230. The molecule has 1 saturated heterocycles. The molecule has 0 aromatic rings. The van der Waals surface area contributed by atoms with Gasteiger partial charge in [-0.1, -0.05) is 13.8 Å². The molecule has 0 aromatic heterocycles. The first-order chi connectivity index (χ1) is 13.8. The summed E-state index contributed by atoms with van der Waals surface area (Å²) in [5.74, 6) is -1.66. The summed E-state index contributed by atoms with van der Waals surface area (Å²) in [5, 5.41) is 10.9. The Hall–Kier alpha value is -1.83. The van der Waals surface area contributed by atoms with Gasteiger partial charge in [-0.15, -0.1) is 0 Å². The summed E-state index contributed by atoms with van der Waals surface area (Å²) in [4.78, 5) is 46.3. The van der Waals surface area contributed by atoms with Gasteiger partial charge in [0.1, 0.15) is 6.61 Å². The van der Waals surface area contributed by atoms with Gasteiger partial charge in [0.25, 0.3) is 0 Å². The molecule has 0 unspecified atom stereocenters. The zero-order chi connectivity index (χ0) is 23.0. The molecule has 0 aliphatic carbocycles. The summed E-state index contributed by atoms with van der Waals surface area (Å²) in [6.45, 7) is 7.74. The van der Waals surface area contributed by atoms with Gasteiger partial charge < -0.3 is 19.7 Å². The molecular formula is C18H30N2O9P. The highest BCUT2D eigenvalue weighted by molar-refractivity contribution is 7.55. The van der Waals surface area contributed by atoms with E-state index in [-0.39, 0.29) is 32.6 Å². The van der Waals surface area contributed by atoms with Crippen LogP contribution in [0.25, 0.3) is 0 Å². The van der Waals surface area contributed by atoms with Gasteiger partial charge in [-0.2, -0.15) is 5.26 Å². The Bertz CT molecular complexity index is 672. The minimum Gasteiger partial charge on any atom is -0.465 e. The van der Waals surface area contributed by atoms with Crippen LogP contribution in [0.2, 0.25) is 0 Å². The van der Waals surface area contributed by atoms with E-state index in [1.165, 1.54) is 0 Å². The smallest absolute Gasteiger partial charge is 0.381 e. The summed E-state index contributed by atoms with van der Waals surface area (Å²) >= 11 is 0. The van der Waals surface area contributed by atoms with Crippen molar-refractivity contribution < 1.29 is 42.3 Å². The van der Waals surface area contributed by atoms with E-state index in [0.29, 0.717) is 0 Å². The molecule has 0 bridgehead atoms. The Morgan fingerprint density at radius 2 is 1.97 bits per heavy atom. The number of amides is 1. The van der Waals surface area contributed by atoms with Crippen molar-refractivity contribution in [1.82, 2.24) is 5.32 Å². The lowest BCUT2D eigenvalue weighted by Crippen LogP contribution is -2.50. The lowest BCUT2D eigenvalue weighted by Gasteiger charge is -2.43. The van der Waals surface area contributed by atoms with Crippen molar-refractivity contribution >= 4 is 26.0 Å². The van der Waals surface area contributed by atoms with E-state index in [1.807, 2.05) is 6.07 Å². The number of carbonyl (C=O) groups is 3. The zero-order valence-electron chi connectivity index (χ0n) is 17.9. The zero-order valence-corrected chi connectivity index (χ0v) is 18.8. The van der Waals surface area contributed by atoms with E-state index >= 15 is 0 Å². The number of hydrogen-bond donors (Lipinski definition) is 2. The third-order valence-electron chi connectivity index (χ3n) is 3.91. The molecule has 1 fully saturated rings. The second kappa shape index (κ2) is 11.0. The monoisotopic (exact) mass is 449 g/mol. The van der Waals surface area contributed by atoms with Crippen LogP contribution < -0.4 is 5.32 Å². The maximum absolute atomic E-state index is 12.5. The lowest BCUT2D eigenvalue weighted by atomic mass is 9.87. The van der Waals surface area contributed by atoms with Crippen molar-refractivity contribution in [2.45, 2.75) is 53.6 Å². The fraction of sp³-hybridized carbons (Fsp3) is 0.778. The first-order valence-electron chi connectivity index (χ1n) is 9.37. The average Bonchev–Trinajstić information content (AvgIpc) is 2.63. The number of carbonyl (C=O) groups excluding carboxylic acids is 3. The lowest BCUT2D eigenvalue weighted by molar-refractivity contribution is -0.165. The predicted octanol–water partition coefficient (Wildman–Crippen LogP) is 1.62. The third kappa shape index (κ3) is 8.50. The van der Waals surface area contributed by atoms with Crippen molar-refractivity contribution in [3.05, 3.63) is 0 Å². The molecule has 1 radical (unpaired) electrons. The Kier molecular flexibility index (Phi) is 9.59. The Balaban J connectivity index is 2.56. The topological polar surface area (TPSA) is 153 Å². The molecular weight excluding hydrogens is 419 g/mol. The fourth-order valence-corrected chi connectivity index (χ4v) is 3.65. The Labute approximate surface area is 176 Å². The number of nitrogens with zero attached hydrogens (tertiary/aromatic N) is 1. The standard InChI is InChI=1S/C18H30N2O9P/c1-17(2,3)16(23)26-12-28-30(24)27-11-18(4,5)14(29-30)15(22)20-9-7-13(21)25-10-6-8-19/h14,24H,6-7,9-12H2,1-5H3,(H,20,22)/t14-/m0/s1. The van der Waals surface area contributed by atoms with E-state index in [0.717, 1.165) is 0 Å². The molecule has 0 saturated carbocycles. The average molecular weight is 449 g/mol. The van der Waals surface area contributed by atoms with E-state index in [2.05, 4.69) is 5.32 Å². The van der Waals surface area contributed by atoms with Crippen molar-refractivity contribution in [3.63, 3.8) is 0 Å². The molecule has 1 amide bonds. The predicted molar refractivity (Wildman–Crippen MR) is 104 cm³/mol. The van der Waals surface area contributed by atoms with Crippen LogP contribution in [0, 0.1) is 22.2 Å². The molecule has 30 heavy (non-hydrogen) atoms. The SMILES string of the molecule is CC(C)(C)C(=O)OCO[P@@]1(O)OCC(C)(C)[C@H](C(=O)NCCC(=O)OCCC#N)O1. The summed E-state index contributed by atoms with van der Waals surface area (Å²) in [6, 6.07) is 1.85. The van der Waals surface area contributed by atoms with Crippen LogP contribution in [0.4, 0.5) is 0 Å². The molecule has 171 valence electrons. The van der Waals surface area contributed by atoms with Crippen LogP contribution >= 0.6 is 8.17 Å². The van der Waals surface area contributed by atoms with Crippen LogP contribution in [0.1, 0.15) is 47.5 Å². The molecule has 0 spiro atoms. The van der Waals surface area contributed by atoms with Gasteiger partial charge in [-0.3, -0.25) is 28.0 Å². The Morgan fingerprint density at radius 3 is 2.57 bits per heavy atom. The van der Waals surface area contributed by atoms with E-state index in [1.54, 1.807) is 34.6 Å². The van der Waals surface area contributed by atoms with Gasteiger partial charge in [0, 0.05) is 12.0 Å². The molecule has 11 nitrogen and oxygen atoms in total. The molecule has 1 aliphatic rings. The van der Waals surface area contributed by atoms with Crippen LogP contribution in [0.15, 0.2) is 0 Å². The second-order valence-electron chi connectivity index (χ2n) is 8.31. The van der Waals surface area contributed by atoms with Crippen molar-refractivity contribution in [2.75, 3.05) is 26.6 Å². The molecule has 2 N–H and O–H groups in total. The maximum atomic E-state index is 12.5. The number of nitriles is 1. The Morgan fingerprint density at radius 1 is 1.30 bits per heavy atom. The van der Waals surface area contributed by atoms with E-state index in [4.69, 9.17) is 28.3 Å². The number of ether oxygens (including phenoxy) is 2. The van der Waals surface area contributed by atoms with Crippen LogP contribution in [-0.4, -0.2) is 55.4 Å². The first kappa shape index (κ1) is 26.2. The number of nitrogens with one attached hydrogen (secondary N) is 1. The number of hydrogen-bond acceptors (Lipinski definition) is 10. The highest BCUT2D eigenvalue weighted by Gasteiger charge is 2.50. The van der Waals surface area contributed by atoms with E-state index in [9.17, 15) is 19.3 Å². The van der Waals surface area contributed by atoms with Gasteiger partial charge in [-0.05, 0) is 20.8 Å². The van der Waals surface area contributed by atoms with Crippen LogP contribution in [0.5, 0.6) is 0 Å². The van der Waals surface area contributed by atoms with Gasteiger partial charge in [-0.25, -0.2) is 0 Å². The van der Waals surface area contributed by atoms with Gasteiger partial charge in [0.2, 0.25) is 12.7 Å². The maximum Gasteiger partial charge on any atom is 0.381 e. The fourth-order valence-electron chi connectivity index (χ4n) is 2.13. The summed E-state index contributed by atoms with van der Waals surface area (Å²) in [5.41, 5.74) is -1.55. The highest BCUT2D eigenvalue weighted by atomic mass is 31.2. The summed E-state index contributed by atoms with van der Waals surface area (Å²) in [7, 11) is -3.89. The highest BCUT2D eigenvalue weighted by Crippen LogP contribution is 2.63. The molecule has 1 heterocycles. The van der Waals surface area contributed by atoms with Crippen molar-refractivity contribution in [1.29, 1.82) is 5.26 Å². The molecule has 1 aliphatic heterocycles. The van der Waals surface area contributed by atoms with Crippen LogP contribution in [-0.2, 0) is 37.4 Å². The van der Waals surface area contributed by atoms with E-state index < -0.39 is 49.7 Å². The molecule has 0 aromatic carbocycles. The third-order valence-corrected chi connectivity index (χ3v) is 5.27. The summed E-state index contributed by atoms with van der Waals surface area (Å²) in [6.07, 6.45) is -1.12. The second-order valence-corrected chi connectivity index (χ2v) is 9.98. The van der Waals surface area contributed by atoms with Gasteiger partial charge >= 0.3 is 20.1 Å². The summed E-state index contributed by atoms with van der Waals surface area (Å²) < 4.78 is 25.5.